The Kier molecular flexibility index (Phi) is 4.71. The van der Waals surface area contributed by atoms with Gasteiger partial charge in [-0.25, -0.2) is 0 Å². The van der Waals surface area contributed by atoms with E-state index in [1.807, 2.05) is 30.3 Å². The summed E-state index contributed by atoms with van der Waals surface area (Å²) in [6.07, 6.45) is -0.0646. The fourth-order valence-corrected chi connectivity index (χ4v) is 2.98. The summed E-state index contributed by atoms with van der Waals surface area (Å²) in [5.74, 6) is 1.51. The number of benzene rings is 2. The molecule has 3 rings (SSSR count). The van der Waals surface area contributed by atoms with Gasteiger partial charge < -0.3 is 18.9 Å². The normalized spacial score (nSPS) is 16.3. The van der Waals surface area contributed by atoms with Crippen molar-refractivity contribution < 1.29 is 23.7 Å². The lowest BCUT2D eigenvalue weighted by Crippen LogP contribution is -2.22. The molecule has 2 aromatic carbocycles. The highest BCUT2D eigenvalue weighted by molar-refractivity contribution is 6.03. The molecule has 0 bridgehead atoms. The Hall–Kier alpha value is -2.53. The lowest BCUT2D eigenvalue weighted by atomic mass is 9.93. The number of Topliss-reactive ketones (excluding diaryl/α,β-unsaturated/α-hetero) is 1. The number of carbonyl (C=O) groups excluding carboxylic acids is 1. The van der Waals surface area contributed by atoms with Gasteiger partial charge in [-0.15, -0.1) is 0 Å². The van der Waals surface area contributed by atoms with Crippen molar-refractivity contribution in [3.63, 3.8) is 0 Å². The molecule has 0 N–H and O–H groups in total. The SMILES string of the molecule is COCc1c(OC)cc(OC)c2c1OC(c1ccccc1)CC2=O. The molecule has 1 heterocycles. The van der Waals surface area contributed by atoms with Crippen LogP contribution < -0.4 is 14.2 Å². The maximum Gasteiger partial charge on any atom is 0.174 e. The second kappa shape index (κ2) is 6.93. The van der Waals surface area contributed by atoms with Gasteiger partial charge in [-0.3, -0.25) is 4.79 Å². The van der Waals surface area contributed by atoms with Crippen LogP contribution >= 0.6 is 0 Å². The molecule has 2 aromatic rings. The molecular weight excluding hydrogens is 308 g/mol. The summed E-state index contributed by atoms with van der Waals surface area (Å²) in [7, 11) is 4.69. The maximum absolute atomic E-state index is 12.8. The van der Waals surface area contributed by atoms with E-state index < -0.39 is 0 Å². The Morgan fingerprint density at radius 1 is 1.08 bits per heavy atom. The zero-order valence-electron chi connectivity index (χ0n) is 14.0. The van der Waals surface area contributed by atoms with Gasteiger partial charge in [0.05, 0.1) is 32.8 Å². The number of fused-ring (bicyclic) bond motifs is 1. The first-order chi connectivity index (χ1) is 11.7. The molecule has 0 amide bonds. The van der Waals surface area contributed by atoms with E-state index in [0.29, 0.717) is 28.4 Å². The van der Waals surface area contributed by atoms with Crippen LogP contribution in [0.15, 0.2) is 36.4 Å². The molecular formula is C19H20O5. The van der Waals surface area contributed by atoms with Crippen molar-refractivity contribution in [1.82, 2.24) is 0 Å². The second-order valence-electron chi connectivity index (χ2n) is 5.54. The van der Waals surface area contributed by atoms with E-state index in [1.165, 1.54) is 7.11 Å². The number of ether oxygens (including phenoxy) is 4. The molecule has 0 aliphatic carbocycles. The number of hydrogen-bond acceptors (Lipinski definition) is 5. The van der Waals surface area contributed by atoms with Crippen LogP contribution in [0.1, 0.15) is 34.0 Å². The number of methoxy groups -OCH3 is 3. The third-order valence-electron chi connectivity index (χ3n) is 4.12. The minimum atomic E-state index is -0.335. The van der Waals surface area contributed by atoms with Crippen molar-refractivity contribution in [3.8, 4) is 17.2 Å². The lowest BCUT2D eigenvalue weighted by molar-refractivity contribution is 0.0833. The number of carbonyl (C=O) groups is 1. The van der Waals surface area contributed by atoms with Gasteiger partial charge in [0.1, 0.15) is 28.9 Å². The Morgan fingerprint density at radius 3 is 2.42 bits per heavy atom. The number of hydrogen-bond donors (Lipinski definition) is 0. The average molecular weight is 328 g/mol. The molecule has 5 nitrogen and oxygen atoms in total. The maximum atomic E-state index is 12.8. The standard InChI is InChI=1S/C19H20O5/c1-21-11-13-16(22-2)10-17(23-3)18-14(20)9-15(24-19(13)18)12-7-5-4-6-8-12/h4-8,10,15H,9,11H2,1-3H3. The molecule has 0 spiro atoms. The molecule has 5 heteroatoms. The first-order valence-electron chi connectivity index (χ1n) is 7.71. The van der Waals surface area contributed by atoms with E-state index in [1.54, 1.807) is 20.3 Å². The van der Waals surface area contributed by atoms with Gasteiger partial charge >= 0.3 is 0 Å². The molecule has 0 aromatic heterocycles. The molecule has 1 unspecified atom stereocenters. The highest BCUT2D eigenvalue weighted by Gasteiger charge is 2.34. The van der Waals surface area contributed by atoms with Gasteiger partial charge in [0.25, 0.3) is 0 Å². The summed E-state index contributed by atoms with van der Waals surface area (Å²) in [4.78, 5) is 12.8. The summed E-state index contributed by atoms with van der Waals surface area (Å²) in [5.41, 5.74) is 2.13. The Labute approximate surface area is 141 Å². The molecule has 0 saturated carbocycles. The van der Waals surface area contributed by atoms with Gasteiger partial charge in [0.15, 0.2) is 5.78 Å². The lowest BCUT2D eigenvalue weighted by Gasteiger charge is -2.29. The Morgan fingerprint density at radius 2 is 1.79 bits per heavy atom. The van der Waals surface area contributed by atoms with Crippen LogP contribution in [0, 0.1) is 0 Å². The predicted octanol–water partition coefficient (Wildman–Crippen LogP) is 3.56. The molecule has 126 valence electrons. The second-order valence-corrected chi connectivity index (χ2v) is 5.54. The van der Waals surface area contributed by atoms with Crippen molar-refractivity contribution >= 4 is 5.78 Å². The van der Waals surface area contributed by atoms with Crippen LogP contribution in [0.25, 0.3) is 0 Å². The average Bonchev–Trinajstić information content (AvgIpc) is 2.62. The van der Waals surface area contributed by atoms with Crippen LogP contribution in [0.4, 0.5) is 0 Å². The third kappa shape index (κ3) is 2.83. The van der Waals surface area contributed by atoms with Crippen molar-refractivity contribution in [2.75, 3.05) is 21.3 Å². The summed E-state index contributed by atoms with van der Waals surface area (Å²) >= 11 is 0. The van der Waals surface area contributed by atoms with Gasteiger partial charge in [0, 0.05) is 13.2 Å². The minimum Gasteiger partial charge on any atom is -0.496 e. The molecule has 24 heavy (non-hydrogen) atoms. The molecule has 1 aliphatic rings. The number of rotatable bonds is 5. The Balaban J connectivity index is 2.13. The molecule has 0 fully saturated rings. The van der Waals surface area contributed by atoms with Gasteiger partial charge in [-0.1, -0.05) is 30.3 Å². The van der Waals surface area contributed by atoms with Gasteiger partial charge in [-0.2, -0.15) is 0 Å². The highest BCUT2D eigenvalue weighted by atomic mass is 16.5. The van der Waals surface area contributed by atoms with E-state index in [4.69, 9.17) is 18.9 Å². The largest absolute Gasteiger partial charge is 0.496 e. The molecule has 1 atom stereocenters. The molecule has 1 aliphatic heterocycles. The monoisotopic (exact) mass is 328 g/mol. The van der Waals surface area contributed by atoms with Crippen molar-refractivity contribution in [1.29, 1.82) is 0 Å². The first-order valence-corrected chi connectivity index (χ1v) is 7.71. The van der Waals surface area contributed by atoms with Crippen molar-refractivity contribution in [2.45, 2.75) is 19.1 Å². The van der Waals surface area contributed by atoms with E-state index in [0.717, 1.165) is 5.56 Å². The van der Waals surface area contributed by atoms with Crippen molar-refractivity contribution in [3.05, 3.63) is 53.1 Å². The van der Waals surface area contributed by atoms with E-state index in [-0.39, 0.29) is 24.9 Å². The third-order valence-corrected chi connectivity index (χ3v) is 4.12. The van der Waals surface area contributed by atoms with E-state index in [9.17, 15) is 4.79 Å². The molecule has 0 saturated heterocycles. The van der Waals surface area contributed by atoms with Crippen LogP contribution in [0.3, 0.4) is 0 Å². The predicted molar refractivity (Wildman–Crippen MR) is 89.0 cm³/mol. The zero-order valence-corrected chi connectivity index (χ0v) is 14.0. The van der Waals surface area contributed by atoms with Gasteiger partial charge in [-0.05, 0) is 5.56 Å². The fraction of sp³-hybridized carbons (Fsp3) is 0.316. The van der Waals surface area contributed by atoms with E-state index in [2.05, 4.69) is 0 Å². The van der Waals surface area contributed by atoms with Gasteiger partial charge in [0.2, 0.25) is 0 Å². The summed E-state index contributed by atoms with van der Waals surface area (Å²) in [6.45, 7) is 0.282. The van der Waals surface area contributed by atoms with Crippen molar-refractivity contribution in [2.24, 2.45) is 0 Å². The summed E-state index contributed by atoms with van der Waals surface area (Å²) in [5, 5.41) is 0. The van der Waals surface area contributed by atoms with Crippen LogP contribution in [0.2, 0.25) is 0 Å². The number of ketones is 1. The minimum absolute atomic E-state index is 0.0121. The first kappa shape index (κ1) is 16.3. The summed E-state index contributed by atoms with van der Waals surface area (Å²) < 4.78 is 22.3. The fourth-order valence-electron chi connectivity index (χ4n) is 2.98. The zero-order chi connectivity index (χ0) is 17.1. The molecule has 0 radical (unpaired) electrons. The smallest absolute Gasteiger partial charge is 0.174 e. The van der Waals surface area contributed by atoms with Crippen LogP contribution in [0.5, 0.6) is 17.2 Å². The Bertz CT molecular complexity index is 739. The van der Waals surface area contributed by atoms with E-state index >= 15 is 0 Å². The highest BCUT2D eigenvalue weighted by Crippen LogP contribution is 2.46. The topological polar surface area (TPSA) is 54.0 Å². The summed E-state index contributed by atoms with van der Waals surface area (Å²) in [6, 6.07) is 11.4. The quantitative estimate of drug-likeness (QED) is 0.840. The van der Waals surface area contributed by atoms with Crippen LogP contribution in [-0.2, 0) is 11.3 Å². The van der Waals surface area contributed by atoms with Crippen LogP contribution in [-0.4, -0.2) is 27.1 Å².